The second-order valence-corrected chi connectivity index (χ2v) is 2.03. The van der Waals surface area contributed by atoms with Crippen molar-refractivity contribution in [3.05, 3.63) is 12.0 Å². The Bertz CT molecular complexity index is 295. The van der Waals surface area contributed by atoms with Crippen LogP contribution in [0.5, 0.6) is 0 Å². The van der Waals surface area contributed by atoms with Crippen molar-refractivity contribution >= 4 is 11.5 Å². The molecule has 1 rings (SSSR count). The van der Waals surface area contributed by atoms with Gasteiger partial charge in [-0.25, -0.2) is 9.97 Å². The minimum atomic E-state index is -4.58. The fourth-order valence-electron chi connectivity index (χ4n) is 0.541. The zero-order chi connectivity index (χ0) is 9.35. The van der Waals surface area contributed by atoms with Gasteiger partial charge < -0.3 is 11.5 Å². The molecule has 4 nitrogen and oxygen atoms in total. The van der Waals surface area contributed by atoms with Crippen molar-refractivity contribution in [1.82, 2.24) is 9.97 Å². The molecule has 1 heterocycles. The van der Waals surface area contributed by atoms with Gasteiger partial charge in [0, 0.05) is 0 Å². The van der Waals surface area contributed by atoms with Gasteiger partial charge in [-0.15, -0.1) is 0 Å². The summed E-state index contributed by atoms with van der Waals surface area (Å²) in [4.78, 5) is 5.93. The zero-order valence-corrected chi connectivity index (χ0v) is 5.76. The van der Waals surface area contributed by atoms with Crippen LogP contribution in [0.25, 0.3) is 0 Å². The van der Waals surface area contributed by atoms with Gasteiger partial charge in [0.15, 0.2) is 5.82 Å². The summed E-state index contributed by atoms with van der Waals surface area (Å²) in [5.74, 6) is -1.65. The number of aromatic nitrogens is 2. The summed E-state index contributed by atoms with van der Waals surface area (Å²) in [5, 5.41) is 0. The predicted molar refractivity (Wildman–Crippen MR) is 35.9 cm³/mol. The maximum atomic E-state index is 11.9. The van der Waals surface area contributed by atoms with Crippen LogP contribution in [0.4, 0.5) is 24.7 Å². The quantitative estimate of drug-likeness (QED) is 0.611. The first kappa shape index (κ1) is 8.57. The zero-order valence-electron chi connectivity index (χ0n) is 5.76. The van der Waals surface area contributed by atoms with Crippen molar-refractivity contribution in [3.8, 4) is 0 Å². The summed E-state index contributed by atoms with van der Waals surface area (Å²) in [6.45, 7) is 0. The lowest BCUT2D eigenvalue weighted by molar-refractivity contribution is -0.144. The van der Waals surface area contributed by atoms with Crippen LogP contribution in [0.3, 0.4) is 0 Å². The van der Waals surface area contributed by atoms with E-state index in [1.54, 1.807) is 0 Å². The fraction of sp³-hybridized carbons (Fsp3) is 0.200. The van der Waals surface area contributed by atoms with Crippen LogP contribution in [-0.4, -0.2) is 9.97 Å². The molecule has 0 aliphatic rings. The van der Waals surface area contributed by atoms with Crippen LogP contribution in [0.15, 0.2) is 6.20 Å². The van der Waals surface area contributed by atoms with Crippen LogP contribution in [0.1, 0.15) is 5.82 Å². The van der Waals surface area contributed by atoms with Crippen LogP contribution >= 0.6 is 0 Å². The molecule has 0 aliphatic carbocycles. The van der Waals surface area contributed by atoms with E-state index < -0.39 is 12.0 Å². The lowest BCUT2D eigenvalue weighted by Gasteiger charge is -2.05. The van der Waals surface area contributed by atoms with Gasteiger partial charge in [-0.3, -0.25) is 0 Å². The van der Waals surface area contributed by atoms with E-state index in [9.17, 15) is 13.2 Å². The number of hydrogen-bond acceptors (Lipinski definition) is 4. The van der Waals surface area contributed by atoms with Gasteiger partial charge in [0.2, 0.25) is 5.82 Å². The maximum absolute atomic E-state index is 11.9. The molecule has 0 radical (unpaired) electrons. The SMILES string of the molecule is Nc1cnc(C(F)(F)F)nc1N. The van der Waals surface area contributed by atoms with E-state index in [0.29, 0.717) is 0 Å². The van der Waals surface area contributed by atoms with Gasteiger partial charge in [-0.1, -0.05) is 0 Å². The third kappa shape index (κ3) is 1.55. The molecule has 0 aromatic carbocycles. The average Bonchev–Trinajstić information content (AvgIpc) is 1.92. The Morgan fingerprint density at radius 2 is 1.83 bits per heavy atom. The summed E-state index contributed by atoms with van der Waals surface area (Å²) in [5.41, 5.74) is 10.1. The molecule has 1 aromatic heterocycles. The van der Waals surface area contributed by atoms with Gasteiger partial charge in [0.25, 0.3) is 0 Å². The smallest absolute Gasteiger partial charge is 0.394 e. The standard InChI is InChI=1S/C5H5F3N4/c6-5(7,8)4-11-1-2(9)3(10)12-4/h1H,9H2,(H2,10,11,12). The van der Waals surface area contributed by atoms with Crippen molar-refractivity contribution in [2.75, 3.05) is 11.5 Å². The predicted octanol–water partition coefficient (Wildman–Crippen LogP) is 0.660. The molecule has 0 fully saturated rings. The monoisotopic (exact) mass is 178 g/mol. The lowest BCUT2D eigenvalue weighted by Crippen LogP contribution is -2.13. The number of nitrogens with zero attached hydrogens (tertiary/aromatic N) is 2. The Labute approximate surface area is 65.4 Å². The van der Waals surface area contributed by atoms with E-state index in [0.717, 1.165) is 6.20 Å². The topological polar surface area (TPSA) is 77.8 Å². The molecular formula is C5H5F3N4. The second-order valence-electron chi connectivity index (χ2n) is 2.03. The van der Waals surface area contributed by atoms with Gasteiger partial charge in [-0.2, -0.15) is 13.2 Å². The van der Waals surface area contributed by atoms with E-state index in [2.05, 4.69) is 9.97 Å². The Hall–Kier alpha value is -1.53. The number of nitrogens with two attached hydrogens (primary N) is 2. The Balaban J connectivity index is 3.14. The van der Waals surface area contributed by atoms with Gasteiger partial charge in [-0.05, 0) is 0 Å². The summed E-state index contributed by atoms with van der Waals surface area (Å²) >= 11 is 0. The van der Waals surface area contributed by atoms with Gasteiger partial charge in [0.1, 0.15) is 0 Å². The highest BCUT2D eigenvalue weighted by molar-refractivity contribution is 5.55. The number of halogens is 3. The number of alkyl halides is 3. The normalized spacial score (nSPS) is 11.6. The average molecular weight is 178 g/mol. The Morgan fingerprint density at radius 3 is 2.25 bits per heavy atom. The van der Waals surface area contributed by atoms with Crippen LogP contribution in [0.2, 0.25) is 0 Å². The van der Waals surface area contributed by atoms with Crippen molar-refractivity contribution in [1.29, 1.82) is 0 Å². The molecule has 0 amide bonds. The van der Waals surface area contributed by atoms with E-state index in [-0.39, 0.29) is 11.5 Å². The molecule has 0 atom stereocenters. The van der Waals surface area contributed by atoms with Crippen LogP contribution in [0, 0.1) is 0 Å². The maximum Gasteiger partial charge on any atom is 0.451 e. The third-order valence-electron chi connectivity index (χ3n) is 1.10. The van der Waals surface area contributed by atoms with Crippen molar-refractivity contribution in [3.63, 3.8) is 0 Å². The van der Waals surface area contributed by atoms with E-state index in [4.69, 9.17) is 11.5 Å². The van der Waals surface area contributed by atoms with Gasteiger partial charge in [0.05, 0.1) is 11.9 Å². The van der Waals surface area contributed by atoms with E-state index >= 15 is 0 Å². The van der Waals surface area contributed by atoms with E-state index in [1.807, 2.05) is 0 Å². The first-order valence-electron chi connectivity index (χ1n) is 2.86. The Morgan fingerprint density at radius 1 is 1.25 bits per heavy atom. The summed E-state index contributed by atoms with van der Waals surface area (Å²) < 4.78 is 35.6. The van der Waals surface area contributed by atoms with E-state index in [1.165, 1.54) is 0 Å². The van der Waals surface area contributed by atoms with Crippen LogP contribution in [-0.2, 0) is 6.18 Å². The molecule has 0 aliphatic heterocycles. The fourth-order valence-corrected chi connectivity index (χ4v) is 0.541. The molecule has 12 heavy (non-hydrogen) atoms. The molecule has 4 N–H and O–H groups in total. The molecule has 0 spiro atoms. The molecule has 0 bridgehead atoms. The highest BCUT2D eigenvalue weighted by Gasteiger charge is 2.34. The number of rotatable bonds is 0. The Kier molecular flexibility index (Phi) is 1.79. The van der Waals surface area contributed by atoms with Gasteiger partial charge >= 0.3 is 6.18 Å². The molecule has 0 saturated heterocycles. The molecule has 7 heteroatoms. The first-order chi connectivity index (χ1) is 5.41. The second kappa shape index (κ2) is 2.50. The summed E-state index contributed by atoms with van der Waals surface area (Å²) in [6, 6.07) is 0. The van der Waals surface area contributed by atoms with Crippen LogP contribution < -0.4 is 11.5 Å². The highest BCUT2D eigenvalue weighted by Crippen LogP contribution is 2.27. The number of nitrogen functional groups attached to an aromatic ring is 2. The molecule has 0 unspecified atom stereocenters. The lowest BCUT2D eigenvalue weighted by atomic mass is 10.4. The third-order valence-corrected chi connectivity index (χ3v) is 1.10. The molecule has 0 saturated carbocycles. The largest absolute Gasteiger partial charge is 0.451 e. The molecule has 66 valence electrons. The first-order valence-corrected chi connectivity index (χ1v) is 2.86. The highest BCUT2D eigenvalue weighted by atomic mass is 19.4. The number of anilines is 2. The minimum Gasteiger partial charge on any atom is -0.394 e. The summed E-state index contributed by atoms with van der Waals surface area (Å²) in [7, 11) is 0. The number of hydrogen-bond donors (Lipinski definition) is 2. The van der Waals surface area contributed by atoms with Crippen molar-refractivity contribution in [2.24, 2.45) is 0 Å². The molecular weight excluding hydrogens is 173 g/mol. The summed E-state index contributed by atoms with van der Waals surface area (Å²) in [6.07, 6.45) is -3.76. The van der Waals surface area contributed by atoms with Crippen molar-refractivity contribution in [2.45, 2.75) is 6.18 Å². The van der Waals surface area contributed by atoms with Crippen molar-refractivity contribution < 1.29 is 13.2 Å². The minimum absolute atomic E-state index is 0.0667. The molecule has 1 aromatic rings.